The third-order valence-corrected chi connectivity index (χ3v) is 6.85. The van der Waals surface area contributed by atoms with Crippen molar-refractivity contribution in [1.29, 1.82) is 0 Å². The van der Waals surface area contributed by atoms with Crippen LogP contribution in [-0.2, 0) is 14.8 Å². The van der Waals surface area contributed by atoms with Crippen LogP contribution in [0.1, 0.15) is 36.1 Å². The van der Waals surface area contributed by atoms with Crippen LogP contribution in [0.5, 0.6) is 0 Å². The molecule has 0 aromatic heterocycles. The van der Waals surface area contributed by atoms with Crippen molar-refractivity contribution >= 4 is 21.6 Å². The number of benzene rings is 3. The van der Waals surface area contributed by atoms with E-state index in [2.05, 4.69) is 5.32 Å². The average Bonchev–Trinajstić information content (AvgIpc) is 2.76. The molecule has 0 saturated carbocycles. The van der Waals surface area contributed by atoms with E-state index in [9.17, 15) is 13.2 Å². The number of carbonyl (C=O) groups is 1. The Kier molecular flexibility index (Phi) is 7.13. The number of nitrogens with one attached hydrogen (secondary N) is 1. The maximum atomic E-state index is 13.5. The highest BCUT2D eigenvalue weighted by atomic mass is 32.2. The molecule has 162 valence electrons. The van der Waals surface area contributed by atoms with Crippen LogP contribution in [0, 0.1) is 13.8 Å². The number of amides is 1. The predicted octanol–water partition coefficient (Wildman–Crippen LogP) is 4.77. The molecular weight excluding hydrogens is 408 g/mol. The molecule has 0 fully saturated rings. The highest BCUT2D eigenvalue weighted by Crippen LogP contribution is 2.26. The molecule has 1 amide bonds. The Hall–Kier alpha value is -3.12. The largest absolute Gasteiger partial charge is 0.348 e. The van der Waals surface area contributed by atoms with Gasteiger partial charge in [-0.05, 0) is 61.2 Å². The molecule has 3 rings (SSSR count). The molecule has 6 heteroatoms. The highest BCUT2D eigenvalue weighted by Gasteiger charge is 2.28. The molecule has 0 aliphatic rings. The lowest BCUT2D eigenvalue weighted by atomic mass is 10.0. The van der Waals surface area contributed by atoms with Crippen LogP contribution in [0.15, 0.2) is 83.8 Å². The van der Waals surface area contributed by atoms with Crippen LogP contribution < -0.4 is 9.62 Å². The van der Waals surface area contributed by atoms with Gasteiger partial charge in [-0.2, -0.15) is 0 Å². The molecule has 3 aromatic carbocycles. The maximum absolute atomic E-state index is 13.5. The van der Waals surface area contributed by atoms with Crippen LogP contribution in [0.2, 0.25) is 0 Å². The lowest BCUT2D eigenvalue weighted by Gasteiger charge is -2.26. The summed E-state index contributed by atoms with van der Waals surface area (Å²) in [7, 11) is -3.92. The van der Waals surface area contributed by atoms with E-state index in [1.165, 1.54) is 4.31 Å². The zero-order chi connectivity index (χ0) is 22.4. The van der Waals surface area contributed by atoms with E-state index in [1.54, 1.807) is 42.5 Å². The number of rotatable bonds is 8. The second-order valence-electron chi connectivity index (χ2n) is 7.61. The van der Waals surface area contributed by atoms with E-state index in [0.717, 1.165) is 16.7 Å². The molecule has 0 unspecified atom stereocenters. The van der Waals surface area contributed by atoms with Gasteiger partial charge < -0.3 is 5.32 Å². The van der Waals surface area contributed by atoms with Crippen molar-refractivity contribution in [2.75, 3.05) is 10.8 Å². The van der Waals surface area contributed by atoms with Crippen LogP contribution in [-0.4, -0.2) is 20.9 Å². The maximum Gasteiger partial charge on any atom is 0.264 e. The lowest BCUT2D eigenvalue weighted by Crippen LogP contribution is -2.42. The van der Waals surface area contributed by atoms with Gasteiger partial charge in [-0.25, -0.2) is 8.42 Å². The third kappa shape index (κ3) is 5.52. The molecule has 0 saturated heterocycles. The van der Waals surface area contributed by atoms with Crippen molar-refractivity contribution in [3.8, 4) is 0 Å². The second-order valence-corrected chi connectivity index (χ2v) is 9.47. The SMILES string of the molecule is CC[C@@H](NC(=O)CN(c1cc(C)cc(C)c1)S(=O)(=O)c1ccccc1)c1ccccc1. The zero-order valence-corrected chi connectivity index (χ0v) is 18.9. The highest BCUT2D eigenvalue weighted by molar-refractivity contribution is 7.92. The van der Waals surface area contributed by atoms with Crippen molar-refractivity contribution in [1.82, 2.24) is 5.32 Å². The molecule has 0 bridgehead atoms. The van der Waals surface area contributed by atoms with Gasteiger partial charge in [0.25, 0.3) is 10.0 Å². The number of sulfonamides is 1. The lowest BCUT2D eigenvalue weighted by molar-refractivity contribution is -0.120. The molecule has 0 spiro atoms. The van der Waals surface area contributed by atoms with Crippen molar-refractivity contribution in [3.63, 3.8) is 0 Å². The second kappa shape index (κ2) is 9.79. The van der Waals surface area contributed by atoms with E-state index in [0.29, 0.717) is 12.1 Å². The molecule has 0 aliphatic carbocycles. The van der Waals surface area contributed by atoms with Crippen molar-refractivity contribution in [3.05, 3.63) is 95.6 Å². The van der Waals surface area contributed by atoms with Gasteiger partial charge in [-0.1, -0.05) is 61.5 Å². The van der Waals surface area contributed by atoms with Crippen LogP contribution >= 0.6 is 0 Å². The van der Waals surface area contributed by atoms with Crippen LogP contribution in [0.25, 0.3) is 0 Å². The Bertz CT molecular complexity index is 1110. The Labute approximate surface area is 184 Å². The first kappa shape index (κ1) is 22.6. The predicted molar refractivity (Wildman–Crippen MR) is 125 cm³/mol. The molecule has 1 atom stereocenters. The number of anilines is 1. The minimum Gasteiger partial charge on any atom is -0.348 e. The van der Waals surface area contributed by atoms with E-state index >= 15 is 0 Å². The van der Waals surface area contributed by atoms with E-state index in [1.807, 2.05) is 57.2 Å². The zero-order valence-electron chi connectivity index (χ0n) is 18.1. The minimum atomic E-state index is -3.92. The Morgan fingerprint density at radius 3 is 2.00 bits per heavy atom. The Balaban J connectivity index is 1.94. The summed E-state index contributed by atoms with van der Waals surface area (Å²) in [6.45, 7) is 5.50. The normalized spacial score (nSPS) is 12.2. The van der Waals surface area contributed by atoms with E-state index in [-0.39, 0.29) is 23.4 Å². The number of nitrogens with zero attached hydrogens (tertiary/aromatic N) is 1. The van der Waals surface area contributed by atoms with Gasteiger partial charge in [0.1, 0.15) is 6.54 Å². The number of hydrogen-bond acceptors (Lipinski definition) is 3. The number of aryl methyl sites for hydroxylation is 2. The molecular formula is C25H28N2O3S. The van der Waals surface area contributed by atoms with Crippen molar-refractivity contribution in [2.24, 2.45) is 0 Å². The molecule has 0 heterocycles. The molecule has 5 nitrogen and oxygen atoms in total. The summed E-state index contributed by atoms with van der Waals surface area (Å²) in [5, 5.41) is 2.99. The first-order valence-electron chi connectivity index (χ1n) is 10.3. The summed E-state index contributed by atoms with van der Waals surface area (Å²) < 4.78 is 28.1. The van der Waals surface area contributed by atoms with Crippen molar-refractivity contribution < 1.29 is 13.2 Å². The molecule has 1 N–H and O–H groups in total. The molecule has 3 aromatic rings. The van der Waals surface area contributed by atoms with Crippen LogP contribution in [0.3, 0.4) is 0 Å². The smallest absolute Gasteiger partial charge is 0.264 e. The average molecular weight is 437 g/mol. The summed E-state index contributed by atoms with van der Waals surface area (Å²) in [5.74, 6) is -0.352. The molecule has 0 aliphatic heterocycles. The van der Waals surface area contributed by atoms with Gasteiger partial charge in [0.15, 0.2) is 0 Å². The molecule has 0 radical (unpaired) electrons. The standard InChI is InChI=1S/C25H28N2O3S/c1-4-24(21-11-7-5-8-12-21)26-25(28)18-27(22-16-19(2)15-20(3)17-22)31(29,30)23-13-9-6-10-14-23/h5-17,24H,4,18H2,1-3H3,(H,26,28)/t24-/m1/s1. The summed E-state index contributed by atoms with van der Waals surface area (Å²) in [6.07, 6.45) is 0.699. The number of hydrogen-bond donors (Lipinski definition) is 1. The van der Waals surface area contributed by atoms with E-state index < -0.39 is 10.0 Å². The third-order valence-electron chi connectivity index (χ3n) is 5.06. The van der Waals surface area contributed by atoms with Gasteiger partial charge in [-0.3, -0.25) is 9.10 Å². The van der Waals surface area contributed by atoms with Gasteiger partial charge >= 0.3 is 0 Å². The minimum absolute atomic E-state index is 0.150. The summed E-state index contributed by atoms with van der Waals surface area (Å²) in [6, 6.07) is 23.2. The summed E-state index contributed by atoms with van der Waals surface area (Å²) >= 11 is 0. The fraction of sp³-hybridized carbons (Fsp3) is 0.240. The quantitative estimate of drug-likeness (QED) is 0.553. The summed E-state index contributed by atoms with van der Waals surface area (Å²) in [5.41, 5.74) is 3.32. The van der Waals surface area contributed by atoms with Gasteiger partial charge in [-0.15, -0.1) is 0 Å². The van der Waals surface area contributed by atoms with Gasteiger partial charge in [0, 0.05) is 0 Å². The topological polar surface area (TPSA) is 66.5 Å². The fourth-order valence-electron chi connectivity index (χ4n) is 3.61. The Morgan fingerprint density at radius 2 is 1.45 bits per heavy atom. The molecule has 31 heavy (non-hydrogen) atoms. The van der Waals surface area contributed by atoms with Crippen molar-refractivity contribution in [2.45, 2.75) is 38.1 Å². The van der Waals surface area contributed by atoms with Gasteiger partial charge in [0.05, 0.1) is 16.6 Å². The Morgan fingerprint density at radius 1 is 0.903 bits per heavy atom. The van der Waals surface area contributed by atoms with E-state index in [4.69, 9.17) is 0 Å². The van der Waals surface area contributed by atoms with Crippen LogP contribution in [0.4, 0.5) is 5.69 Å². The monoisotopic (exact) mass is 436 g/mol. The fourth-order valence-corrected chi connectivity index (χ4v) is 5.03. The first-order chi connectivity index (χ1) is 14.8. The summed E-state index contributed by atoms with van der Waals surface area (Å²) in [4.78, 5) is 13.2. The first-order valence-corrected chi connectivity index (χ1v) is 11.8. The van der Waals surface area contributed by atoms with Gasteiger partial charge in [0.2, 0.25) is 5.91 Å². The number of carbonyl (C=O) groups excluding carboxylic acids is 1.